The van der Waals surface area contributed by atoms with E-state index in [1.165, 1.54) is 20.9 Å². The van der Waals surface area contributed by atoms with Crippen LogP contribution in [0.1, 0.15) is 76.1 Å². The summed E-state index contributed by atoms with van der Waals surface area (Å²) in [6, 6.07) is 27.7. The third-order valence-electron chi connectivity index (χ3n) is 17.8. The van der Waals surface area contributed by atoms with Gasteiger partial charge in [-0.1, -0.05) is 25.6 Å². The van der Waals surface area contributed by atoms with Crippen molar-refractivity contribution >= 4 is 120 Å². The fraction of sp³-hybridized carbons (Fsp3) is 0.389. The van der Waals surface area contributed by atoms with Gasteiger partial charge in [-0.3, -0.25) is 43.6 Å². The molecule has 2 aromatic carbocycles. The van der Waals surface area contributed by atoms with Crippen LogP contribution < -0.4 is 20.1 Å². The molecule has 23 nitrogen and oxygen atoms in total. The zero-order valence-electron chi connectivity index (χ0n) is 56.6. The number of H-pyrrole nitrogens is 2. The number of pyridine rings is 2. The molecule has 2 fully saturated rings. The number of halogens is 1. The third-order valence-corrected chi connectivity index (χ3v) is 23.0. The van der Waals surface area contributed by atoms with Crippen LogP contribution in [0, 0.1) is 0 Å². The van der Waals surface area contributed by atoms with Gasteiger partial charge in [-0.2, -0.15) is 20.4 Å². The maximum absolute atomic E-state index is 13.8. The Bertz CT molecular complexity index is 4570. The smallest absolute Gasteiger partial charge is 0.241 e. The Morgan fingerprint density at radius 3 is 1.66 bits per heavy atom. The number of ketones is 1. The number of hydrogen-bond donors (Lipinski definition) is 4. The van der Waals surface area contributed by atoms with E-state index in [1.807, 2.05) is 120 Å². The summed E-state index contributed by atoms with van der Waals surface area (Å²) in [5.74, 6) is 3.02. The number of thioether (sulfide) groups is 2. The molecule has 0 unspecified atom stereocenters. The number of thiophene rings is 2. The zero-order chi connectivity index (χ0) is 69.4. The number of carbonyl (C=O) groups excluding carboxylic acids is 4. The summed E-state index contributed by atoms with van der Waals surface area (Å²) in [6.45, 7) is 13.6. The molecule has 0 spiro atoms. The quantitative estimate of drug-likeness (QED) is 0.0517. The molecule has 4 N–H and O–H groups in total. The molecule has 0 aliphatic carbocycles. The van der Waals surface area contributed by atoms with E-state index in [0.29, 0.717) is 69.6 Å². The Labute approximate surface area is 603 Å². The molecule has 524 valence electrons. The number of aromatic amines is 2. The minimum atomic E-state index is -0.654. The SMILES string of the molecule is C.CS[C@@]1(C(=O)Cc2ccc3[nH]nc(-c4ccc(OC(C)C)nc4)c3c2)CCNC1.CS[C@@]1(C(=O)Nc2ccc3[nH]nc(-c4ccc(OC(C)C)nc4)c3c2)CCN(CC(=O)N2CC=C(c3ccc(-c4ncn(C)n4)s3)CC2)C1.Cn1cnc(-c2ccc(C3=CCN(C(=O)CCl)CC3)s2)n1. The summed E-state index contributed by atoms with van der Waals surface area (Å²) in [4.78, 5) is 79.5. The molecule has 4 aliphatic rings. The van der Waals surface area contributed by atoms with Crippen LogP contribution in [-0.2, 0) is 39.7 Å². The standard InChI is InChI=1S/C35H39N9O3S2.C22H26N4O2S.C14H15ClN4OS.CH4/c1-22(2)47-30-10-5-24(18-36-30)32-26-17-25(6-7-27(26)39-40-32)38-34(46)35(48-4)13-16-43(20-35)19-31(45)44-14-11-23(12-15-44)28-8-9-29(49-28)33-37-21-42(3)41-33;1-14(2)28-20-7-5-16(12-24-20)21-17-10-15(4-6-18(17)25-26-21)11-19(27)22(29-3)8-9-23-13-22;1-18-9-16-14(17-18)12-3-2-11(21-12)10-4-6-19(7-5-10)13(20)8-15;/h5-11,17-18,21-22H,12-16,19-20H2,1-4H3,(H,38,46)(H,39,40);4-7,10,12,14,23H,8-9,11,13H2,1-3H3,(H,25,26);2-4,9H,5-8H2,1H3;1H4/t35-;22-;;/m00../s1. The molecule has 0 saturated carbocycles. The Hall–Kier alpha value is -8.57. The highest BCUT2D eigenvalue weighted by molar-refractivity contribution is 8.01. The number of amides is 3. The molecule has 4 aliphatic heterocycles. The second-order valence-corrected chi connectivity index (χ2v) is 30.1. The van der Waals surface area contributed by atoms with Crippen LogP contribution in [0.4, 0.5) is 5.69 Å². The van der Waals surface area contributed by atoms with Gasteiger partial charge >= 0.3 is 0 Å². The highest BCUT2D eigenvalue weighted by atomic mass is 35.5. The van der Waals surface area contributed by atoms with E-state index in [0.717, 1.165) is 110 Å². The number of anilines is 1. The Kier molecular flexibility index (Phi) is 23.5. The number of likely N-dealkylation sites (tertiary alicyclic amines) is 1. The van der Waals surface area contributed by atoms with Crippen molar-refractivity contribution < 1.29 is 28.7 Å². The van der Waals surface area contributed by atoms with Crippen molar-refractivity contribution in [2.45, 2.75) is 88.9 Å². The minimum absolute atomic E-state index is 0. The van der Waals surface area contributed by atoms with Gasteiger partial charge in [-0.05, 0) is 156 Å². The second-order valence-electron chi connectivity index (χ2n) is 25.3. The summed E-state index contributed by atoms with van der Waals surface area (Å²) < 4.78 is 13.7. The molecule has 28 heteroatoms. The number of rotatable bonds is 20. The lowest BCUT2D eigenvalue weighted by molar-refractivity contribution is -0.132. The molecule has 2 saturated heterocycles. The monoisotopic (exact) mass is 1450 g/mol. The number of nitrogens with zero attached hydrogens (tertiary/aromatic N) is 13. The maximum atomic E-state index is 13.8. The lowest BCUT2D eigenvalue weighted by Gasteiger charge is -2.29. The first kappa shape index (κ1) is 72.7. The van der Waals surface area contributed by atoms with Crippen LogP contribution in [0.3, 0.4) is 0 Å². The van der Waals surface area contributed by atoms with Gasteiger partial charge in [0.05, 0.1) is 44.3 Å². The molecule has 12 heterocycles. The summed E-state index contributed by atoms with van der Waals surface area (Å²) in [6.07, 6.45) is 19.0. The number of carbonyl (C=O) groups is 4. The average Bonchev–Trinajstić information content (AvgIpc) is 1.63. The molecule has 10 aromatic rings. The molecular formula is C72H84ClN17O6S4. The summed E-state index contributed by atoms with van der Waals surface area (Å²) in [5.41, 5.74) is 9.39. The van der Waals surface area contributed by atoms with Crippen LogP contribution in [0.2, 0.25) is 0 Å². The van der Waals surface area contributed by atoms with Gasteiger partial charge in [0, 0.05) is 128 Å². The second kappa shape index (κ2) is 32.4. The number of ether oxygens (including phenoxy) is 2. The van der Waals surface area contributed by atoms with E-state index in [9.17, 15) is 19.2 Å². The van der Waals surface area contributed by atoms with Gasteiger partial charge in [0.25, 0.3) is 0 Å². The van der Waals surface area contributed by atoms with Crippen molar-refractivity contribution in [1.82, 2.24) is 79.9 Å². The highest BCUT2D eigenvalue weighted by Crippen LogP contribution is 2.39. The number of fused-ring (bicyclic) bond motifs is 2. The largest absolute Gasteiger partial charge is 0.475 e. The number of aromatic nitrogens is 12. The molecule has 3 amide bonds. The van der Waals surface area contributed by atoms with E-state index in [4.69, 9.17) is 21.1 Å². The fourth-order valence-corrected chi connectivity index (χ4v) is 16.3. The summed E-state index contributed by atoms with van der Waals surface area (Å²) >= 11 is 12.2. The predicted octanol–water partition coefficient (Wildman–Crippen LogP) is 12.0. The lowest BCUT2D eigenvalue weighted by atomic mass is 9.95. The summed E-state index contributed by atoms with van der Waals surface area (Å²) in [7, 11) is 3.72. The van der Waals surface area contributed by atoms with Crippen molar-refractivity contribution in [3.63, 3.8) is 0 Å². The molecule has 14 rings (SSSR count). The Balaban J connectivity index is 0.000000167. The predicted molar refractivity (Wildman–Crippen MR) is 403 cm³/mol. The molecule has 0 radical (unpaired) electrons. The topological polar surface area (TPSA) is 265 Å². The lowest BCUT2D eigenvalue weighted by Crippen LogP contribution is -2.45. The molecule has 2 atom stereocenters. The summed E-state index contributed by atoms with van der Waals surface area (Å²) in [5, 5.41) is 32.3. The van der Waals surface area contributed by atoms with Gasteiger partial charge in [0.1, 0.15) is 34.7 Å². The Morgan fingerprint density at radius 2 is 1.19 bits per heavy atom. The van der Waals surface area contributed by atoms with Crippen molar-refractivity contribution in [2.24, 2.45) is 14.1 Å². The number of aryl methyl sites for hydroxylation is 2. The molecule has 100 heavy (non-hydrogen) atoms. The third kappa shape index (κ3) is 16.9. The van der Waals surface area contributed by atoms with E-state index in [1.54, 1.807) is 85.5 Å². The van der Waals surface area contributed by atoms with Crippen LogP contribution in [0.25, 0.3) is 76.9 Å². The molecule has 0 bridgehead atoms. The number of Topliss-reactive ketones (excluding diaryl/α,β-unsaturated/α-hetero) is 1. The van der Waals surface area contributed by atoms with Crippen LogP contribution >= 0.6 is 57.8 Å². The fourth-order valence-electron chi connectivity index (χ4n) is 12.4. The van der Waals surface area contributed by atoms with Gasteiger partial charge < -0.3 is 29.9 Å². The molecular weight excluding hydrogens is 1360 g/mol. The van der Waals surface area contributed by atoms with Gasteiger partial charge in [-0.25, -0.2) is 19.9 Å². The number of hydrogen-bond acceptors (Lipinski definition) is 20. The minimum Gasteiger partial charge on any atom is -0.475 e. The van der Waals surface area contributed by atoms with Crippen molar-refractivity contribution in [2.75, 3.05) is 82.6 Å². The first-order chi connectivity index (χ1) is 47.9. The van der Waals surface area contributed by atoms with Gasteiger partial charge in [0.2, 0.25) is 29.5 Å². The molecule has 8 aromatic heterocycles. The van der Waals surface area contributed by atoms with Crippen molar-refractivity contribution in [1.29, 1.82) is 0 Å². The van der Waals surface area contributed by atoms with Crippen LogP contribution in [0.5, 0.6) is 11.8 Å². The normalized spacial score (nSPS) is 17.7. The number of nitrogens with one attached hydrogen (secondary N) is 4. The zero-order valence-corrected chi connectivity index (χ0v) is 60.6. The van der Waals surface area contributed by atoms with Gasteiger partial charge in [0.15, 0.2) is 17.4 Å². The number of benzene rings is 2. The van der Waals surface area contributed by atoms with Crippen molar-refractivity contribution in [3.8, 4) is 55.7 Å². The Morgan fingerprint density at radius 1 is 0.650 bits per heavy atom. The average molecular weight is 1450 g/mol. The first-order valence-electron chi connectivity index (χ1n) is 32.9. The number of alkyl halides is 1. The van der Waals surface area contributed by atoms with E-state index in [-0.39, 0.29) is 53.8 Å². The van der Waals surface area contributed by atoms with E-state index >= 15 is 0 Å². The van der Waals surface area contributed by atoms with Crippen LogP contribution in [0.15, 0.2) is 122 Å². The van der Waals surface area contributed by atoms with E-state index < -0.39 is 4.75 Å². The van der Waals surface area contributed by atoms with Crippen LogP contribution in [-0.4, -0.2) is 197 Å². The first-order valence-corrected chi connectivity index (χ1v) is 37.5. The van der Waals surface area contributed by atoms with Gasteiger partial charge in [-0.15, -0.1) is 57.8 Å². The maximum Gasteiger partial charge on any atom is 0.241 e. The van der Waals surface area contributed by atoms with Crippen molar-refractivity contribution in [3.05, 3.63) is 137 Å². The van der Waals surface area contributed by atoms with E-state index in [2.05, 4.69) is 102 Å². The highest BCUT2D eigenvalue weighted by Gasteiger charge is 2.45.